The number of hydrogen-bond donors (Lipinski definition) is 1. The van der Waals surface area contributed by atoms with Crippen molar-refractivity contribution in [2.24, 2.45) is 5.41 Å². The Labute approximate surface area is 71.0 Å². The van der Waals surface area contributed by atoms with Gasteiger partial charge in [-0.25, -0.2) is 0 Å². The number of carbonyl (C=O) groups excluding carboxylic acids is 1. The third-order valence-electron chi connectivity index (χ3n) is 1.71. The number of nitrogens with one attached hydrogen (secondary N) is 1. The molecule has 1 aromatic heterocycles. The highest BCUT2D eigenvalue weighted by Gasteiger charge is 2.28. The molecule has 0 aliphatic carbocycles. The van der Waals surface area contributed by atoms with Gasteiger partial charge in [0.25, 0.3) is 0 Å². The summed E-state index contributed by atoms with van der Waals surface area (Å²) in [7, 11) is 0. The van der Waals surface area contributed by atoms with Gasteiger partial charge in [0, 0.05) is 18.0 Å². The summed E-state index contributed by atoms with van der Waals surface area (Å²) in [6, 6.07) is 3.63. The largest absolute Gasteiger partial charge is 0.367 e. The van der Waals surface area contributed by atoms with E-state index in [1.54, 1.807) is 32.3 Å². The lowest BCUT2D eigenvalue weighted by molar-refractivity contribution is 0.0892. The van der Waals surface area contributed by atoms with E-state index in [0.29, 0.717) is 5.56 Å². The van der Waals surface area contributed by atoms with E-state index in [1.807, 2.05) is 6.07 Å². The highest BCUT2D eigenvalue weighted by Crippen LogP contribution is 2.19. The molecule has 0 radical (unpaired) electrons. The van der Waals surface area contributed by atoms with Crippen LogP contribution in [0, 0.1) is 16.7 Å². The monoisotopic (exact) mass is 162 g/mol. The van der Waals surface area contributed by atoms with Crippen LogP contribution in [0.15, 0.2) is 18.5 Å². The van der Waals surface area contributed by atoms with E-state index in [2.05, 4.69) is 4.98 Å². The van der Waals surface area contributed by atoms with E-state index in [-0.39, 0.29) is 5.78 Å². The summed E-state index contributed by atoms with van der Waals surface area (Å²) in [5, 5.41) is 8.68. The van der Waals surface area contributed by atoms with Crippen molar-refractivity contribution in [2.75, 3.05) is 0 Å². The van der Waals surface area contributed by atoms with E-state index < -0.39 is 5.41 Å². The van der Waals surface area contributed by atoms with E-state index in [4.69, 9.17) is 5.26 Å². The maximum atomic E-state index is 11.5. The van der Waals surface area contributed by atoms with Crippen LogP contribution in [0.3, 0.4) is 0 Å². The maximum Gasteiger partial charge on any atom is 0.183 e. The molecule has 0 bridgehead atoms. The molecule has 1 heterocycles. The summed E-state index contributed by atoms with van der Waals surface area (Å²) >= 11 is 0. The molecule has 0 unspecified atom stereocenters. The Hall–Kier alpha value is -1.56. The van der Waals surface area contributed by atoms with Crippen LogP contribution in [0.1, 0.15) is 24.2 Å². The second kappa shape index (κ2) is 2.82. The van der Waals surface area contributed by atoms with Gasteiger partial charge in [-0.15, -0.1) is 0 Å². The summed E-state index contributed by atoms with van der Waals surface area (Å²) in [4.78, 5) is 14.3. The molecule has 62 valence electrons. The van der Waals surface area contributed by atoms with Gasteiger partial charge in [-0.05, 0) is 19.9 Å². The molecule has 0 aliphatic rings. The van der Waals surface area contributed by atoms with Gasteiger partial charge in [0.05, 0.1) is 6.07 Å². The summed E-state index contributed by atoms with van der Waals surface area (Å²) in [6.45, 7) is 3.23. The van der Waals surface area contributed by atoms with Crippen LogP contribution in [0.25, 0.3) is 0 Å². The first-order valence-corrected chi connectivity index (χ1v) is 3.67. The predicted octanol–water partition coefficient (Wildman–Crippen LogP) is 1.75. The standard InChI is InChI=1S/C9H10N2O/c1-9(2,6-10)8(12)7-3-4-11-5-7/h3-5,11H,1-2H3. The highest BCUT2D eigenvalue weighted by atomic mass is 16.1. The van der Waals surface area contributed by atoms with Crippen LogP contribution in [0.2, 0.25) is 0 Å². The van der Waals surface area contributed by atoms with Gasteiger partial charge in [0.1, 0.15) is 5.41 Å². The number of H-pyrrole nitrogens is 1. The predicted molar refractivity (Wildman–Crippen MR) is 44.5 cm³/mol. The van der Waals surface area contributed by atoms with Gasteiger partial charge in [-0.2, -0.15) is 5.26 Å². The third-order valence-corrected chi connectivity index (χ3v) is 1.71. The molecule has 0 amide bonds. The van der Waals surface area contributed by atoms with E-state index in [0.717, 1.165) is 0 Å². The van der Waals surface area contributed by atoms with Crippen molar-refractivity contribution in [1.29, 1.82) is 5.26 Å². The first-order chi connectivity index (χ1) is 5.58. The van der Waals surface area contributed by atoms with Gasteiger partial charge in [0.2, 0.25) is 0 Å². The normalized spacial score (nSPS) is 10.8. The van der Waals surface area contributed by atoms with Crippen LogP contribution >= 0.6 is 0 Å². The minimum atomic E-state index is -0.928. The molecule has 0 aromatic carbocycles. The Bertz CT molecular complexity index is 317. The van der Waals surface area contributed by atoms with Crippen LogP contribution < -0.4 is 0 Å². The van der Waals surface area contributed by atoms with Crippen molar-refractivity contribution in [1.82, 2.24) is 4.98 Å². The highest BCUT2D eigenvalue weighted by molar-refractivity contribution is 6.01. The summed E-state index contributed by atoms with van der Waals surface area (Å²) in [5.41, 5.74) is -0.371. The van der Waals surface area contributed by atoms with Crippen LogP contribution in [0.5, 0.6) is 0 Å². The Morgan fingerprint density at radius 2 is 2.33 bits per heavy atom. The molecule has 1 aromatic rings. The smallest absolute Gasteiger partial charge is 0.183 e. The second-order valence-corrected chi connectivity index (χ2v) is 3.17. The van der Waals surface area contributed by atoms with Crippen LogP contribution in [0.4, 0.5) is 0 Å². The zero-order chi connectivity index (χ0) is 9.19. The van der Waals surface area contributed by atoms with Crippen molar-refractivity contribution in [3.05, 3.63) is 24.0 Å². The van der Waals surface area contributed by atoms with Crippen molar-refractivity contribution >= 4 is 5.78 Å². The zero-order valence-electron chi connectivity index (χ0n) is 7.09. The summed E-state index contributed by atoms with van der Waals surface area (Å²) in [6.07, 6.45) is 3.27. The van der Waals surface area contributed by atoms with Crippen LogP contribution in [-0.4, -0.2) is 10.8 Å². The molecule has 0 saturated carbocycles. The number of rotatable bonds is 2. The molecular formula is C9H10N2O. The summed E-state index contributed by atoms with van der Waals surface area (Å²) < 4.78 is 0. The number of aromatic amines is 1. The Morgan fingerprint density at radius 3 is 2.75 bits per heavy atom. The van der Waals surface area contributed by atoms with E-state index >= 15 is 0 Å². The molecule has 0 atom stereocenters. The molecule has 3 nitrogen and oxygen atoms in total. The first-order valence-electron chi connectivity index (χ1n) is 3.67. The maximum absolute atomic E-state index is 11.5. The fourth-order valence-corrected chi connectivity index (χ4v) is 0.877. The molecule has 3 heteroatoms. The molecule has 0 fully saturated rings. The SMILES string of the molecule is CC(C)(C#N)C(=O)c1cc[nH]c1. The van der Waals surface area contributed by atoms with Gasteiger partial charge in [-0.3, -0.25) is 4.79 Å². The minimum Gasteiger partial charge on any atom is -0.367 e. The Balaban J connectivity index is 2.96. The average molecular weight is 162 g/mol. The molecular weight excluding hydrogens is 152 g/mol. The van der Waals surface area contributed by atoms with Crippen molar-refractivity contribution < 1.29 is 4.79 Å². The topological polar surface area (TPSA) is 56.6 Å². The first kappa shape index (κ1) is 8.54. The fraction of sp³-hybridized carbons (Fsp3) is 0.333. The van der Waals surface area contributed by atoms with E-state index in [9.17, 15) is 4.79 Å². The van der Waals surface area contributed by atoms with Gasteiger partial charge < -0.3 is 4.98 Å². The number of nitrogens with zero attached hydrogens (tertiary/aromatic N) is 1. The van der Waals surface area contributed by atoms with E-state index in [1.165, 1.54) is 0 Å². The molecule has 0 spiro atoms. The number of aromatic nitrogens is 1. The average Bonchev–Trinajstić information content (AvgIpc) is 2.55. The lowest BCUT2D eigenvalue weighted by Gasteiger charge is -2.11. The zero-order valence-corrected chi connectivity index (χ0v) is 7.09. The second-order valence-electron chi connectivity index (χ2n) is 3.17. The fourth-order valence-electron chi connectivity index (χ4n) is 0.877. The van der Waals surface area contributed by atoms with Crippen molar-refractivity contribution in [3.63, 3.8) is 0 Å². The van der Waals surface area contributed by atoms with Crippen molar-refractivity contribution in [2.45, 2.75) is 13.8 Å². The lowest BCUT2D eigenvalue weighted by Crippen LogP contribution is -2.21. The van der Waals surface area contributed by atoms with Gasteiger partial charge in [-0.1, -0.05) is 0 Å². The minimum absolute atomic E-state index is 0.147. The third kappa shape index (κ3) is 1.37. The number of nitriles is 1. The summed E-state index contributed by atoms with van der Waals surface area (Å²) in [5.74, 6) is -0.147. The molecule has 12 heavy (non-hydrogen) atoms. The number of Topliss-reactive ketones (excluding diaryl/α,β-unsaturated/α-hetero) is 1. The van der Waals surface area contributed by atoms with Gasteiger partial charge >= 0.3 is 0 Å². The Kier molecular flexibility index (Phi) is 2.01. The molecule has 0 aliphatic heterocycles. The van der Waals surface area contributed by atoms with Crippen molar-refractivity contribution in [3.8, 4) is 6.07 Å². The number of ketones is 1. The molecule has 1 N–H and O–H groups in total. The Morgan fingerprint density at radius 1 is 1.67 bits per heavy atom. The number of hydrogen-bond acceptors (Lipinski definition) is 2. The lowest BCUT2D eigenvalue weighted by atomic mass is 9.87. The molecule has 1 rings (SSSR count). The van der Waals surface area contributed by atoms with Gasteiger partial charge in [0.15, 0.2) is 5.78 Å². The number of carbonyl (C=O) groups is 1. The van der Waals surface area contributed by atoms with Crippen LogP contribution in [-0.2, 0) is 0 Å². The molecule has 0 saturated heterocycles. The quantitative estimate of drug-likeness (QED) is 0.673.